The van der Waals surface area contributed by atoms with Gasteiger partial charge in [0.1, 0.15) is 0 Å². The SMILES string of the molecule is C=C(CC(O)C(C)(O)C1CCC2(O)C3=CC(=O)C4CC(O)C(O)CC4(C)C3C(O)CC12C)C(C)(C)O. The summed E-state index contributed by atoms with van der Waals surface area (Å²) in [6.07, 6.45) is -1.87. The summed E-state index contributed by atoms with van der Waals surface area (Å²) in [4.78, 5) is 13.3. The number of ketones is 1. The summed E-state index contributed by atoms with van der Waals surface area (Å²) in [6.45, 7) is 12.2. The average Bonchev–Trinajstić information content (AvgIpc) is 3.01. The number of rotatable bonds is 5. The lowest BCUT2D eigenvalue weighted by atomic mass is 9.44. The van der Waals surface area contributed by atoms with Crippen molar-refractivity contribution in [2.24, 2.45) is 28.6 Å². The maximum absolute atomic E-state index is 13.3. The number of hydrogen-bond donors (Lipinski definition) is 7. The van der Waals surface area contributed by atoms with Crippen LogP contribution in [0.15, 0.2) is 23.8 Å². The predicted octanol–water partition coefficient (Wildman–Crippen LogP) is 0.991. The van der Waals surface area contributed by atoms with Gasteiger partial charge in [0, 0.05) is 17.3 Å². The van der Waals surface area contributed by atoms with Crippen molar-refractivity contribution in [3.05, 3.63) is 23.8 Å². The van der Waals surface area contributed by atoms with Crippen LogP contribution in [0, 0.1) is 28.6 Å². The van der Waals surface area contributed by atoms with Crippen molar-refractivity contribution in [3.8, 4) is 0 Å². The number of aliphatic hydroxyl groups excluding tert-OH is 4. The van der Waals surface area contributed by atoms with Crippen LogP contribution in [-0.4, -0.2) is 82.7 Å². The molecule has 4 aliphatic rings. The molecular weight excluding hydrogens is 464 g/mol. The quantitative estimate of drug-likeness (QED) is 0.271. The van der Waals surface area contributed by atoms with Crippen LogP contribution < -0.4 is 0 Å². The van der Waals surface area contributed by atoms with Gasteiger partial charge < -0.3 is 35.7 Å². The second-order valence-electron chi connectivity index (χ2n) is 13.4. The Morgan fingerprint density at radius 2 is 1.72 bits per heavy atom. The number of carbonyl (C=O) groups is 1. The molecule has 7 N–H and O–H groups in total. The summed E-state index contributed by atoms with van der Waals surface area (Å²) < 4.78 is 0. The average molecular weight is 509 g/mol. The van der Waals surface area contributed by atoms with Crippen LogP contribution in [-0.2, 0) is 4.79 Å². The fourth-order valence-corrected chi connectivity index (χ4v) is 8.35. The summed E-state index contributed by atoms with van der Waals surface area (Å²) in [5, 5.41) is 77.5. The van der Waals surface area contributed by atoms with E-state index >= 15 is 0 Å². The molecule has 0 heterocycles. The fraction of sp³-hybridized carbons (Fsp3) is 0.821. The molecule has 8 heteroatoms. The standard InChI is InChI=1S/C28H44O8/c1-14(24(2,3)34)9-22(33)27(6,35)21-7-8-28(36)16-11-17(29)15-10-18(30)19(31)12-25(15,4)23(16)20(32)13-26(21,28)5/h11,15,18-23,30-36H,1,7-10,12-13H2,2-6H3. The number of aliphatic hydroxyl groups is 7. The summed E-state index contributed by atoms with van der Waals surface area (Å²) in [6, 6.07) is 0. The molecule has 36 heavy (non-hydrogen) atoms. The van der Waals surface area contributed by atoms with Crippen molar-refractivity contribution in [1.29, 1.82) is 0 Å². The van der Waals surface area contributed by atoms with Crippen LogP contribution in [0.25, 0.3) is 0 Å². The molecule has 11 atom stereocenters. The molecule has 0 aromatic rings. The molecule has 0 aliphatic heterocycles. The number of allylic oxidation sites excluding steroid dienone is 1. The van der Waals surface area contributed by atoms with E-state index in [0.717, 1.165) is 0 Å². The third-order valence-electron chi connectivity index (χ3n) is 10.7. The Bertz CT molecular complexity index is 965. The van der Waals surface area contributed by atoms with Gasteiger partial charge in [0.15, 0.2) is 5.78 Å². The first-order chi connectivity index (χ1) is 16.3. The molecule has 4 aliphatic carbocycles. The van der Waals surface area contributed by atoms with Crippen LogP contribution in [0.2, 0.25) is 0 Å². The van der Waals surface area contributed by atoms with E-state index in [1.165, 1.54) is 13.0 Å². The van der Waals surface area contributed by atoms with Crippen LogP contribution in [0.4, 0.5) is 0 Å². The van der Waals surface area contributed by atoms with E-state index in [0.29, 0.717) is 17.6 Å². The Balaban J connectivity index is 1.72. The van der Waals surface area contributed by atoms with E-state index < -0.39 is 69.8 Å². The zero-order valence-electron chi connectivity index (χ0n) is 22.1. The van der Waals surface area contributed by atoms with Gasteiger partial charge in [0.2, 0.25) is 0 Å². The highest BCUT2D eigenvalue weighted by atomic mass is 16.3. The lowest BCUT2D eigenvalue weighted by Crippen LogP contribution is -2.66. The minimum atomic E-state index is -1.67. The number of fused-ring (bicyclic) bond motifs is 5. The molecule has 11 unspecified atom stereocenters. The molecule has 0 aromatic heterocycles. The Morgan fingerprint density at radius 1 is 1.11 bits per heavy atom. The van der Waals surface area contributed by atoms with Crippen molar-refractivity contribution in [3.63, 3.8) is 0 Å². The molecule has 8 nitrogen and oxygen atoms in total. The fourth-order valence-electron chi connectivity index (χ4n) is 8.35. The maximum Gasteiger partial charge on any atom is 0.159 e. The molecule has 0 bridgehead atoms. The first kappa shape index (κ1) is 27.9. The lowest BCUT2D eigenvalue weighted by molar-refractivity contribution is -0.196. The summed E-state index contributed by atoms with van der Waals surface area (Å²) in [5.74, 6) is -1.99. The molecule has 4 rings (SSSR count). The highest BCUT2D eigenvalue weighted by Gasteiger charge is 2.71. The third kappa shape index (κ3) is 3.79. The molecule has 3 saturated carbocycles. The van der Waals surface area contributed by atoms with Gasteiger partial charge in [-0.25, -0.2) is 0 Å². The zero-order chi connectivity index (χ0) is 27.2. The Labute approximate surface area is 213 Å². The van der Waals surface area contributed by atoms with E-state index in [4.69, 9.17) is 0 Å². The summed E-state index contributed by atoms with van der Waals surface area (Å²) in [7, 11) is 0. The second-order valence-corrected chi connectivity index (χ2v) is 13.4. The van der Waals surface area contributed by atoms with E-state index in [1.807, 2.05) is 6.92 Å². The van der Waals surface area contributed by atoms with Crippen LogP contribution in [0.1, 0.15) is 73.1 Å². The molecule has 204 valence electrons. The van der Waals surface area contributed by atoms with Gasteiger partial charge in [0.05, 0.1) is 41.2 Å². The van der Waals surface area contributed by atoms with Gasteiger partial charge in [-0.15, -0.1) is 0 Å². The summed E-state index contributed by atoms with van der Waals surface area (Å²) >= 11 is 0. The first-order valence-corrected chi connectivity index (χ1v) is 13.1. The van der Waals surface area contributed by atoms with E-state index in [2.05, 4.69) is 6.58 Å². The number of carbonyl (C=O) groups excluding carboxylic acids is 1. The van der Waals surface area contributed by atoms with Crippen molar-refractivity contribution >= 4 is 5.78 Å². The van der Waals surface area contributed by atoms with Crippen LogP contribution in [0.3, 0.4) is 0 Å². The highest BCUT2D eigenvalue weighted by Crippen LogP contribution is 2.68. The Hall–Kier alpha value is -1.13. The van der Waals surface area contributed by atoms with Crippen molar-refractivity contribution < 1.29 is 40.5 Å². The van der Waals surface area contributed by atoms with Crippen molar-refractivity contribution in [2.45, 2.75) is 114 Å². The van der Waals surface area contributed by atoms with Crippen molar-refractivity contribution in [1.82, 2.24) is 0 Å². The van der Waals surface area contributed by atoms with E-state index in [1.54, 1.807) is 20.8 Å². The van der Waals surface area contributed by atoms with Gasteiger partial charge in [-0.3, -0.25) is 4.79 Å². The maximum atomic E-state index is 13.3. The normalized spacial score (nSPS) is 47.2. The van der Waals surface area contributed by atoms with Gasteiger partial charge in [-0.1, -0.05) is 20.4 Å². The topological polar surface area (TPSA) is 159 Å². The van der Waals surface area contributed by atoms with Gasteiger partial charge in [0.25, 0.3) is 0 Å². The largest absolute Gasteiger partial charge is 0.392 e. The minimum absolute atomic E-state index is 0.0339. The Morgan fingerprint density at radius 3 is 2.31 bits per heavy atom. The lowest BCUT2D eigenvalue weighted by Gasteiger charge is -2.62. The molecule has 0 radical (unpaired) electrons. The first-order valence-electron chi connectivity index (χ1n) is 13.1. The van der Waals surface area contributed by atoms with Gasteiger partial charge in [-0.2, -0.15) is 0 Å². The molecule has 0 aromatic carbocycles. The van der Waals surface area contributed by atoms with E-state index in [-0.39, 0.29) is 37.9 Å². The molecule has 0 spiro atoms. The van der Waals surface area contributed by atoms with Crippen LogP contribution >= 0.6 is 0 Å². The second kappa shape index (κ2) is 8.43. The highest BCUT2D eigenvalue weighted by molar-refractivity contribution is 5.95. The Kier molecular flexibility index (Phi) is 6.53. The van der Waals surface area contributed by atoms with Gasteiger partial charge in [-0.05, 0) is 87.9 Å². The number of hydrogen-bond acceptors (Lipinski definition) is 8. The smallest absolute Gasteiger partial charge is 0.159 e. The zero-order valence-corrected chi connectivity index (χ0v) is 22.1. The third-order valence-corrected chi connectivity index (χ3v) is 10.7. The molecule has 0 saturated heterocycles. The molecule has 3 fully saturated rings. The van der Waals surface area contributed by atoms with E-state index in [9.17, 15) is 40.5 Å². The van der Waals surface area contributed by atoms with Crippen molar-refractivity contribution in [2.75, 3.05) is 0 Å². The predicted molar refractivity (Wildman–Crippen MR) is 133 cm³/mol. The van der Waals surface area contributed by atoms with Gasteiger partial charge >= 0.3 is 0 Å². The monoisotopic (exact) mass is 508 g/mol. The summed E-state index contributed by atoms with van der Waals surface area (Å²) in [5.41, 5.74) is -5.48. The molecule has 0 amide bonds. The van der Waals surface area contributed by atoms with Crippen LogP contribution in [0.5, 0.6) is 0 Å². The minimum Gasteiger partial charge on any atom is -0.392 e. The molecular formula is C28H44O8.